The van der Waals surface area contributed by atoms with E-state index in [1.165, 1.54) is 44.2 Å². The van der Waals surface area contributed by atoms with Gasteiger partial charge in [-0.2, -0.15) is 5.10 Å². The first-order valence-corrected chi connectivity index (χ1v) is 6.36. The van der Waals surface area contributed by atoms with Crippen LogP contribution >= 0.6 is 0 Å². The molecule has 0 atom stereocenters. The predicted molar refractivity (Wildman–Crippen MR) is 69.5 cm³/mol. The summed E-state index contributed by atoms with van der Waals surface area (Å²) in [6.07, 6.45) is 8.31. The minimum absolute atomic E-state index is 0.178. The van der Waals surface area contributed by atoms with Crippen molar-refractivity contribution in [2.75, 3.05) is 5.43 Å². The zero-order valence-corrected chi connectivity index (χ0v) is 10.3. The SMILES string of the molecule is O=C([O-])c1ccc(N/N=C\C2CCCCC2)cc1. The minimum atomic E-state index is -1.16. The Morgan fingerprint density at radius 3 is 2.50 bits per heavy atom. The average Bonchev–Trinajstić information content (AvgIpc) is 2.40. The highest BCUT2D eigenvalue weighted by Crippen LogP contribution is 2.21. The molecule has 0 saturated heterocycles. The number of aromatic carboxylic acids is 1. The van der Waals surface area contributed by atoms with E-state index in [1.54, 1.807) is 12.1 Å². The zero-order valence-electron chi connectivity index (χ0n) is 10.3. The second kappa shape index (κ2) is 6.19. The maximum absolute atomic E-state index is 10.6. The molecule has 1 aromatic carbocycles. The molecule has 1 aromatic rings. The Hall–Kier alpha value is -1.84. The summed E-state index contributed by atoms with van der Waals surface area (Å²) in [7, 11) is 0. The van der Waals surface area contributed by atoms with Crippen LogP contribution in [0.25, 0.3) is 0 Å². The Labute approximate surface area is 107 Å². The van der Waals surface area contributed by atoms with Gasteiger partial charge >= 0.3 is 0 Å². The summed E-state index contributed by atoms with van der Waals surface area (Å²) in [5, 5.41) is 14.8. The molecule has 1 fully saturated rings. The molecule has 0 unspecified atom stereocenters. The van der Waals surface area contributed by atoms with Crippen LogP contribution in [0.4, 0.5) is 5.69 Å². The normalized spacial score (nSPS) is 16.9. The van der Waals surface area contributed by atoms with E-state index < -0.39 is 5.97 Å². The summed E-state index contributed by atoms with van der Waals surface area (Å²) in [6.45, 7) is 0. The Morgan fingerprint density at radius 2 is 1.89 bits per heavy atom. The van der Waals surface area contributed by atoms with E-state index in [0.29, 0.717) is 5.92 Å². The first-order chi connectivity index (χ1) is 8.75. The molecule has 96 valence electrons. The second-order valence-corrected chi connectivity index (χ2v) is 4.65. The van der Waals surface area contributed by atoms with Gasteiger partial charge in [-0.1, -0.05) is 31.4 Å². The van der Waals surface area contributed by atoms with Crippen LogP contribution in [-0.4, -0.2) is 12.2 Å². The van der Waals surface area contributed by atoms with Gasteiger partial charge in [0.2, 0.25) is 0 Å². The van der Waals surface area contributed by atoms with Gasteiger partial charge < -0.3 is 9.90 Å². The highest BCUT2D eigenvalue weighted by atomic mass is 16.4. The van der Waals surface area contributed by atoms with Crippen LogP contribution < -0.4 is 10.5 Å². The topological polar surface area (TPSA) is 64.5 Å². The number of carboxylic acid groups (broad SMARTS) is 1. The number of hydrazone groups is 1. The molecule has 1 saturated carbocycles. The number of nitrogens with zero attached hydrogens (tertiary/aromatic N) is 1. The Balaban J connectivity index is 1.85. The third-order valence-electron chi connectivity index (χ3n) is 3.25. The summed E-state index contributed by atoms with van der Waals surface area (Å²) in [5.41, 5.74) is 3.88. The zero-order chi connectivity index (χ0) is 12.8. The van der Waals surface area contributed by atoms with Crippen LogP contribution in [0.5, 0.6) is 0 Å². The predicted octanol–water partition coefficient (Wildman–Crippen LogP) is 2.03. The monoisotopic (exact) mass is 245 g/mol. The van der Waals surface area contributed by atoms with E-state index in [4.69, 9.17) is 0 Å². The van der Waals surface area contributed by atoms with E-state index in [9.17, 15) is 9.90 Å². The number of carbonyl (C=O) groups is 1. The molecule has 0 amide bonds. The molecule has 0 radical (unpaired) electrons. The van der Waals surface area contributed by atoms with E-state index in [1.807, 2.05) is 6.21 Å². The number of hydrogen-bond donors (Lipinski definition) is 1. The minimum Gasteiger partial charge on any atom is -0.545 e. The lowest BCUT2D eigenvalue weighted by Crippen LogP contribution is -2.21. The van der Waals surface area contributed by atoms with Gasteiger partial charge in [0.05, 0.1) is 11.7 Å². The molecule has 0 aromatic heterocycles. The first-order valence-electron chi connectivity index (χ1n) is 6.36. The molecule has 4 nitrogen and oxygen atoms in total. The van der Waals surface area contributed by atoms with E-state index in [2.05, 4.69) is 10.5 Å². The molecule has 1 N–H and O–H groups in total. The summed E-state index contributed by atoms with van der Waals surface area (Å²) in [6, 6.07) is 6.38. The molecular weight excluding hydrogens is 228 g/mol. The van der Waals surface area contributed by atoms with Crippen LogP contribution in [0.3, 0.4) is 0 Å². The van der Waals surface area contributed by atoms with Crippen LogP contribution in [0.15, 0.2) is 29.4 Å². The van der Waals surface area contributed by atoms with Gasteiger partial charge in [0.25, 0.3) is 0 Å². The van der Waals surface area contributed by atoms with Gasteiger partial charge in [-0.05, 0) is 36.5 Å². The number of anilines is 1. The molecular formula is C14H17N2O2-. The van der Waals surface area contributed by atoms with Gasteiger partial charge in [-0.25, -0.2) is 0 Å². The summed E-state index contributed by atoms with van der Waals surface area (Å²) < 4.78 is 0. The number of carbonyl (C=O) groups excluding carboxylic acids is 1. The standard InChI is InChI=1S/C14H18N2O2/c17-14(18)12-6-8-13(9-7-12)16-15-10-11-4-2-1-3-5-11/h6-11,16H,1-5H2,(H,17,18)/p-1/b15-10-. The molecule has 0 bridgehead atoms. The van der Waals surface area contributed by atoms with Crippen LogP contribution in [0.1, 0.15) is 42.5 Å². The van der Waals surface area contributed by atoms with Crippen LogP contribution in [-0.2, 0) is 0 Å². The molecule has 0 aliphatic heterocycles. The molecule has 0 spiro atoms. The lowest BCUT2D eigenvalue weighted by atomic mass is 9.90. The number of rotatable bonds is 4. The van der Waals surface area contributed by atoms with E-state index >= 15 is 0 Å². The van der Waals surface area contributed by atoms with Crippen molar-refractivity contribution in [1.29, 1.82) is 0 Å². The quantitative estimate of drug-likeness (QED) is 0.652. The fourth-order valence-electron chi connectivity index (χ4n) is 2.18. The Bertz CT molecular complexity index is 420. The van der Waals surface area contributed by atoms with Crippen molar-refractivity contribution in [3.05, 3.63) is 29.8 Å². The number of carboxylic acids is 1. The smallest absolute Gasteiger partial charge is 0.0715 e. The maximum atomic E-state index is 10.6. The molecule has 4 heteroatoms. The third-order valence-corrected chi connectivity index (χ3v) is 3.25. The third kappa shape index (κ3) is 3.58. The highest BCUT2D eigenvalue weighted by molar-refractivity contribution is 5.86. The van der Waals surface area contributed by atoms with Crippen molar-refractivity contribution < 1.29 is 9.90 Å². The first kappa shape index (κ1) is 12.6. The number of hydrogen-bond acceptors (Lipinski definition) is 4. The van der Waals surface area contributed by atoms with Crippen molar-refractivity contribution in [2.24, 2.45) is 11.0 Å². The highest BCUT2D eigenvalue weighted by Gasteiger charge is 2.10. The fourth-order valence-corrected chi connectivity index (χ4v) is 2.18. The maximum Gasteiger partial charge on any atom is 0.0715 e. The fraction of sp³-hybridized carbons (Fsp3) is 0.429. The van der Waals surface area contributed by atoms with Gasteiger partial charge in [0.1, 0.15) is 0 Å². The molecule has 0 heterocycles. The van der Waals surface area contributed by atoms with E-state index in [-0.39, 0.29) is 5.56 Å². The average molecular weight is 245 g/mol. The van der Waals surface area contributed by atoms with Crippen molar-refractivity contribution in [1.82, 2.24) is 0 Å². The van der Waals surface area contributed by atoms with Crippen molar-refractivity contribution in [2.45, 2.75) is 32.1 Å². The second-order valence-electron chi connectivity index (χ2n) is 4.65. The van der Waals surface area contributed by atoms with Crippen molar-refractivity contribution in [3.8, 4) is 0 Å². The van der Waals surface area contributed by atoms with E-state index in [0.717, 1.165) is 5.69 Å². The van der Waals surface area contributed by atoms with Crippen molar-refractivity contribution in [3.63, 3.8) is 0 Å². The molecule has 18 heavy (non-hydrogen) atoms. The van der Waals surface area contributed by atoms with Crippen LogP contribution in [0, 0.1) is 5.92 Å². The summed E-state index contributed by atoms with van der Waals surface area (Å²) in [4.78, 5) is 10.6. The molecule has 2 rings (SSSR count). The summed E-state index contributed by atoms with van der Waals surface area (Å²) in [5.74, 6) is -0.582. The Kier molecular flexibility index (Phi) is 4.34. The lowest BCUT2D eigenvalue weighted by molar-refractivity contribution is -0.255. The Morgan fingerprint density at radius 1 is 1.22 bits per heavy atom. The molecule has 1 aliphatic carbocycles. The summed E-state index contributed by atoms with van der Waals surface area (Å²) >= 11 is 0. The van der Waals surface area contributed by atoms with Crippen LogP contribution in [0.2, 0.25) is 0 Å². The lowest BCUT2D eigenvalue weighted by Gasteiger charge is -2.16. The van der Waals surface area contributed by atoms with Gasteiger partial charge in [-0.15, -0.1) is 0 Å². The van der Waals surface area contributed by atoms with Crippen molar-refractivity contribution >= 4 is 17.9 Å². The number of benzene rings is 1. The number of nitrogens with one attached hydrogen (secondary N) is 1. The van der Waals surface area contributed by atoms with Gasteiger partial charge in [-0.3, -0.25) is 5.43 Å². The largest absolute Gasteiger partial charge is 0.545 e. The molecule has 1 aliphatic rings. The van der Waals surface area contributed by atoms with Gasteiger partial charge in [0, 0.05) is 6.21 Å². The van der Waals surface area contributed by atoms with Gasteiger partial charge in [0.15, 0.2) is 0 Å².